The fourth-order valence-electron chi connectivity index (χ4n) is 2.03. The molecule has 5 nitrogen and oxygen atoms in total. The minimum absolute atomic E-state index is 0.145. The Labute approximate surface area is 149 Å². The Hall–Kier alpha value is -2.52. The fraction of sp³-hybridized carbons (Fsp3) is 0.125. The number of ether oxygens (including phenoxy) is 2. The van der Waals surface area contributed by atoms with Crippen LogP contribution in [0.5, 0.6) is 11.5 Å². The molecule has 130 valence electrons. The zero-order valence-corrected chi connectivity index (χ0v) is 14.5. The summed E-state index contributed by atoms with van der Waals surface area (Å²) in [5.41, 5.74) is 1.50. The summed E-state index contributed by atoms with van der Waals surface area (Å²) in [6, 6.07) is 6.16. The number of thiophene rings is 1. The summed E-state index contributed by atoms with van der Waals surface area (Å²) in [4.78, 5) is 16.6. The molecule has 0 fully saturated rings. The quantitative estimate of drug-likeness (QED) is 0.669. The number of amides is 1. The minimum atomic E-state index is -2.99. The lowest BCUT2D eigenvalue weighted by Crippen LogP contribution is -2.12. The number of aromatic nitrogens is 1. The minimum Gasteiger partial charge on any atom is -0.493 e. The molecule has 0 bridgehead atoms. The summed E-state index contributed by atoms with van der Waals surface area (Å²) >= 11 is 2.90. The van der Waals surface area contributed by atoms with E-state index < -0.39 is 12.5 Å². The third-order valence-electron chi connectivity index (χ3n) is 3.14. The summed E-state index contributed by atoms with van der Waals surface area (Å²) in [7, 11) is 1.34. The molecular weight excluding hydrogens is 370 g/mol. The van der Waals surface area contributed by atoms with Crippen molar-refractivity contribution in [2.75, 3.05) is 12.4 Å². The van der Waals surface area contributed by atoms with Crippen molar-refractivity contribution < 1.29 is 23.0 Å². The number of hydrogen-bond donors (Lipinski definition) is 1. The van der Waals surface area contributed by atoms with Crippen LogP contribution in [-0.2, 0) is 0 Å². The van der Waals surface area contributed by atoms with Crippen LogP contribution >= 0.6 is 22.7 Å². The van der Waals surface area contributed by atoms with Crippen LogP contribution < -0.4 is 14.8 Å². The van der Waals surface area contributed by atoms with Gasteiger partial charge in [0.15, 0.2) is 11.5 Å². The summed E-state index contributed by atoms with van der Waals surface area (Å²) in [6.45, 7) is -2.99. The fourth-order valence-corrected chi connectivity index (χ4v) is 3.55. The summed E-state index contributed by atoms with van der Waals surface area (Å²) in [5.74, 6) is -0.454. The van der Waals surface area contributed by atoms with Crippen LogP contribution in [0, 0.1) is 0 Å². The van der Waals surface area contributed by atoms with Gasteiger partial charge in [0.1, 0.15) is 10.7 Å². The highest BCUT2D eigenvalue weighted by Crippen LogP contribution is 2.32. The molecule has 0 aliphatic carbocycles. The summed E-state index contributed by atoms with van der Waals surface area (Å²) in [5, 5.41) is 8.86. The van der Waals surface area contributed by atoms with Gasteiger partial charge in [-0.05, 0) is 23.6 Å². The Bertz CT molecular complexity index is 866. The average molecular weight is 382 g/mol. The second-order valence-electron chi connectivity index (χ2n) is 4.75. The van der Waals surface area contributed by atoms with E-state index in [0.29, 0.717) is 5.69 Å². The zero-order valence-electron chi connectivity index (χ0n) is 12.9. The topological polar surface area (TPSA) is 60.5 Å². The Kier molecular flexibility index (Phi) is 5.25. The maximum Gasteiger partial charge on any atom is 0.387 e. The van der Waals surface area contributed by atoms with Gasteiger partial charge in [-0.25, -0.2) is 4.98 Å². The molecule has 0 spiro atoms. The number of anilines is 1. The van der Waals surface area contributed by atoms with Crippen LogP contribution in [0.3, 0.4) is 0 Å². The molecule has 0 aliphatic heterocycles. The highest BCUT2D eigenvalue weighted by molar-refractivity contribution is 7.14. The molecule has 25 heavy (non-hydrogen) atoms. The molecule has 1 amide bonds. The number of carbonyl (C=O) groups is 1. The third kappa shape index (κ3) is 4.12. The smallest absolute Gasteiger partial charge is 0.387 e. The van der Waals surface area contributed by atoms with Crippen LogP contribution in [0.2, 0.25) is 0 Å². The normalized spacial score (nSPS) is 10.7. The van der Waals surface area contributed by atoms with Gasteiger partial charge in [-0.3, -0.25) is 4.79 Å². The first kappa shape index (κ1) is 17.3. The molecule has 0 saturated carbocycles. The van der Waals surface area contributed by atoms with Gasteiger partial charge in [-0.1, -0.05) is 0 Å². The van der Waals surface area contributed by atoms with Crippen molar-refractivity contribution in [2.45, 2.75) is 6.61 Å². The highest BCUT2D eigenvalue weighted by Gasteiger charge is 2.15. The van der Waals surface area contributed by atoms with E-state index in [9.17, 15) is 13.6 Å². The molecule has 3 rings (SSSR count). The van der Waals surface area contributed by atoms with Crippen LogP contribution in [-0.4, -0.2) is 24.6 Å². The van der Waals surface area contributed by atoms with Crippen molar-refractivity contribution >= 4 is 34.3 Å². The standard InChI is InChI=1S/C16H12F2N2O3S2/c1-22-12-3-2-10(6-13(12)23-16(17)18)19-14(21)11-8-25-15(20-11)9-4-5-24-7-9/h2-8,16H,1H3,(H,19,21). The molecule has 1 N–H and O–H groups in total. The van der Waals surface area contributed by atoms with Gasteiger partial charge >= 0.3 is 6.61 Å². The van der Waals surface area contributed by atoms with Crippen molar-refractivity contribution in [1.29, 1.82) is 0 Å². The number of halogens is 2. The molecule has 0 atom stereocenters. The first-order valence-corrected chi connectivity index (χ1v) is 8.81. The van der Waals surface area contributed by atoms with Gasteiger partial charge in [0.05, 0.1) is 7.11 Å². The van der Waals surface area contributed by atoms with E-state index in [0.717, 1.165) is 10.6 Å². The van der Waals surface area contributed by atoms with Crippen molar-refractivity contribution in [2.24, 2.45) is 0 Å². The van der Waals surface area contributed by atoms with E-state index in [4.69, 9.17) is 4.74 Å². The molecule has 0 unspecified atom stereocenters. The van der Waals surface area contributed by atoms with Gasteiger partial charge in [-0.15, -0.1) is 11.3 Å². The number of benzene rings is 1. The van der Waals surface area contributed by atoms with Crippen LogP contribution in [0.25, 0.3) is 10.6 Å². The Balaban J connectivity index is 1.76. The Morgan fingerprint density at radius 2 is 2.08 bits per heavy atom. The first-order chi connectivity index (χ1) is 12.1. The van der Waals surface area contributed by atoms with Crippen molar-refractivity contribution in [1.82, 2.24) is 4.98 Å². The molecular formula is C16H12F2N2O3S2. The molecule has 9 heteroatoms. The molecule has 2 heterocycles. The predicted molar refractivity (Wildman–Crippen MR) is 93.0 cm³/mol. The van der Waals surface area contributed by atoms with E-state index in [1.54, 1.807) is 16.7 Å². The maximum absolute atomic E-state index is 12.5. The second-order valence-corrected chi connectivity index (χ2v) is 6.39. The van der Waals surface area contributed by atoms with Crippen molar-refractivity contribution in [3.05, 3.63) is 46.1 Å². The largest absolute Gasteiger partial charge is 0.493 e. The number of hydrogen-bond acceptors (Lipinski definition) is 6. The molecule has 0 saturated heterocycles. The number of carbonyl (C=O) groups excluding carboxylic acids is 1. The van der Waals surface area contributed by atoms with Gasteiger partial charge in [0, 0.05) is 28.1 Å². The number of nitrogens with one attached hydrogen (secondary N) is 1. The number of nitrogens with zero attached hydrogens (tertiary/aromatic N) is 1. The Morgan fingerprint density at radius 3 is 2.76 bits per heavy atom. The SMILES string of the molecule is COc1ccc(NC(=O)c2csc(-c3ccsc3)n2)cc1OC(F)F. The molecule has 0 aliphatic rings. The lowest BCUT2D eigenvalue weighted by molar-refractivity contribution is -0.0511. The lowest BCUT2D eigenvalue weighted by Gasteiger charge is -2.11. The monoisotopic (exact) mass is 382 g/mol. The van der Waals surface area contributed by atoms with E-state index in [1.165, 1.54) is 36.6 Å². The maximum atomic E-state index is 12.5. The summed E-state index contributed by atoms with van der Waals surface area (Å²) in [6.07, 6.45) is 0. The van der Waals surface area contributed by atoms with Gasteiger partial charge in [0.2, 0.25) is 0 Å². The lowest BCUT2D eigenvalue weighted by atomic mass is 10.2. The van der Waals surface area contributed by atoms with Crippen molar-refractivity contribution in [3.8, 4) is 22.1 Å². The van der Waals surface area contributed by atoms with Crippen LogP contribution in [0.4, 0.5) is 14.5 Å². The number of rotatable bonds is 6. The average Bonchev–Trinajstić information content (AvgIpc) is 3.26. The van der Waals surface area contributed by atoms with E-state index in [2.05, 4.69) is 15.0 Å². The number of thiazole rings is 1. The van der Waals surface area contributed by atoms with Gasteiger partial charge in [-0.2, -0.15) is 20.1 Å². The number of alkyl halides is 2. The van der Waals surface area contributed by atoms with Gasteiger partial charge < -0.3 is 14.8 Å². The van der Waals surface area contributed by atoms with Crippen LogP contribution in [0.15, 0.2) is 40.4 Å². The predicted octanol–water partition coefficient (Wildman–Crippen LogP) is 4.73. The first-order valence-electron chi connectivity index (χ1n) is 6.99. The molecule has 2 aromatic heterocycles. The Morgan fingerprint density at radius 1 is 1.24 bits per heavy atom. The second kappa shape index (κ2) is 7.58. The molecule has 3 aromatic rings. The molecule has 1 aromatic carbocycles. The van der Waals surface area contributed by atoms with Crippen molar-refractivity contribution in [3.63, 3.8) is 0 Å². The third-order valence-corrected chi connectivity index (χ3v) is 4.72. The molecule has 0 radical (unpaired) electrons. The van der Waals surface area contributed by atoms with E-state index >= 15 is 0 Å². The zero-order chi connectivity index (χ0) is 17.8. The summed E-state index contributed by atoms with van der Waals surface area (Å²) < 4.78 is 34.3. The number of methoxy groups -OCH3 is 1. The van der Waals surface area contributed by atoms with Gasteiger partial charge in [0.25, 0.3) is 5.91 Å². The van der Waals surface area contributed by atoms with E-state index in [-0.39, 0.29) is 17.2 Å². The van der Waals surface area contributed by atoms with E-state index in [1.807, 2.05) is 16.8 Å². The van der Waals surface area contributed by atoms with Crippen LogP contribution in [0.1, 0.15) is 10.5 Å². The highest BCUT2D eigenvalue weighted by atomic mass is 32.1.